The fourth-order valence-corrected chi connectivity index (χ4v) is 3.73. The van der Waals surface area contributed by atoms with E-state index in [1.807, 2.05) is 0 Å². The van der Waals surface area contributed by atoms with Crippen LogP contribution in [0.15, 0.2) is 0 Å². The molecule has 0 aromatic carbocycles. The van der Waals surface area contributed by atoms with Gasteiger partial charge in [-0.3, -0.25) is 9.59 Å². The number of fused-ring (bicyclic) bond motifs is 1. The number of rotatable bonds is 3. The summed E-state index contributed by atoms with van der Waals surface area (Å²) in [6.45, 7) is 3.58. The summed E-state index contributed by atoms with van der Waals surface area (Å²) < 4.78 is 0. The van der Waals surface area contributed by atoms with Crippen molar-refractivity contribution in [2.75, 3.05) is 5.32 Å². The molecule has 0 fully saturated rings. The molecule has 1 aliphatic rings. The van der Waals surface area contributed by atoms with Crippen molar-refractivity contribution in [1.82, 2.24) is 0 Å². The number of nitriles is 1. The minimum absolute atomic E-state index is 0.135. The van der Waals surface area contributed by atoms with Gasteiger partial charge >= 0.3 is 0 Å². The van der Waals surface area contributed by atoms with E-state index in [1.54, 1.807) is 0 Å². The lowest BCUT2D eigenvalue weighted by molar-refractivity contribution is -0.124. The largest absolute Gasteiger partial charge is 0.316 e. The van der Waals surface area contributed by atoms with Gasteiger partial charge in [0.15, 0.2) is 0 Å². The van der Waals surface area contributed by atoms with Crippen LogP contribution in [0.2, 0.25) is 0 Å². The molecule has 100 valence electrons. The standard InChI is InChI=1S/C14H16N2O2S/c1-8-3-4-10-11(7-15)14(19-12(10)5-8)16-13(18)6-9(2)17/h8H,3-6H2,1-2H3,(H,16,18). The molecule has 0 saturated heterocycles. The van der Waals surface area contributed by atoms with Gasteiger partial charge in [-0.25, -0.2) is 0 Å². The molecule has 0 saturated carbocycles. The highest BCUT2D eigenvalue weighted by atomic mass is 32.1. The van der Waals surface area contributed by atoms with E-state index in [2.05, 4.69) is 18.3 Å². The molecule has 0 aliphatic heterocycles. The molecule has 1 aliphatic carbocycles. The molecule has 19 heavy (non-hydrogen) atoms. The zero-order valence-corrected chi connectivity index (χ0v) is 11.9. The van der Waals surface area contributed by atoms with Gasteiger partial charge in [-0.15, -0.1) is 11.3 Å². The molecule has 0 radical (unpaired) electrons. The van der Waals surface area contributed by atoms with Crippen LogP contribution in [0, 0.1) is 17.2 Å². The lowest BCUT2D eigenvalue weighted by Gasteiger charge is -2.17. The number of hydrogen-bond acceptors (Lipinski definition) is 4. The third-order valence-electron chi connectivity index (χ3n) is 3.29. The molecule has 1 atom stereocenters. The minimum Gasteiger partial charge on any atom is -0.316 e. The topological polar surface area (TPSA) is 70.0 Å². The van der Waals surface area contributed by atoms with Crippen molar-refractivity contribution in [2.45, 2.75) is 39.5 Å². The average molecular weight is 276 g/mol. The van der Waals surface area contributed by atoms with Gasteiger partial charge in [0.2, 0.25) is 5.91 Å². The third-order valence-corrected chi connectivity index (χ3v) is 4.46. The zero-order chi connectivity index (χ0) is 14.0. The number of ketones is 1. The summed E-state index contributed by atoms with van der Waals surface area (Å²) in [5.41, 5.74) is 1.67. The number of carbonyl (C=O) groups excluding carboxylic acids is 2. The Morgan fingerprint density at radius 3 is 2.89 bits per heavy atom. The summed E-state index contributed by atoms with van der Waals surface area (Å²) >= 11 is 1.48. The number of Topliss-reactive ketones (excluding diaryl/α,β-unsaturated/α-hetero) is 1. The van der Waals surface area contributed by atoms with Crippen molar-refractivity contribution in [3.05, 3.63) is 16.0 Å². The summed E-state index contributed by atoms with van der Waals surface area (Å²) in [5.74, 6) is 0.111. The number of thiophene rings is 1. The lowest BCUT2D eigenvalue weighted by atomic mass is 9.88. The number of carbonyl (C=O) groups is 2. The van der Waals surface area contributed by atoms with Gasteiger partial charge in [0.05, 0.1) is 12.0 Å². The Hall–Kier alpha value is -1.67. The van der Waals surface area contributed by atoms with Crippen molar-refractivity contribution >= 4 is 28.0 Å². The van der Waals surface area contributed by atoms with E-state index in [0.29, 0.717) is 16.5 Å². The summed E-state index contributed by atoms with van der Waals surface area (Å²) in [5, 5.41) is 12.6. The number of nitrogens with one attached hydrogen (secondary N) is 1. The molecule has 0 spiro atoms. The van der Waals surface area contributed by atoms with E-state index in [9.17, 15) is 14.9 Å². The fraction of sp³-hybridized carbons (Fsp3) is 0.500. The Labute approximate surface area is 116 Å². The fourth-order valence-electron chi connectivity index (χ4n) is 2.35. The van der Waals surface area contributed by atoms with Crippen LogP contribution in [0.1, 0.15) is 42.7 Å². The molecule has 1 amide bonds. The molecule has 2 rings (SSSR count). The van der Waals surface area contributed by atoms with Crippen LogP contribution in [-0.4, -0.2) is 11.7 Å². The van der Waals surface area contributed by atoms with Crippen molar-refractivity contribution in [2.24, 2.45) is 5.92 Å². The Morgan fingerprint density at radius 1 is 1.53 bits per heavy atom. The molecule has 1 heterocycles. The summed E-state index contributed by atoms with van der Waals surface area (Å²) in [6, 6.07) is 2.19. The van der Waals surface area contributed by atoms with Gasteiger partial charge in [0.1, 0.15) is 16.9 Å². The van der Waals surface area contributed by atoms with Crippen molar-refractivity contribution in [1.29, 1.82) is 5.26 Å². The molecular weight excluding hydrogens is 260 g/mol. The molecule has 0 bridgehead atoms. The van der Waals surface area contributed by atoms with E-state index >= 15 is 0 Å². The van der Waals surface area contributed by atoms with Crippen LogP contribution < -0.4 is 5.32 Å². The Morgan fingerprint density at radius 2 is 2.26 bits per heavy atom. The van der Waals surface area contributed by atoms with E-state index in [-0.39, 0.29) is 18.1 Å². The maximum atomic E-state index is 11.6. The predicted octanol–water partition coefficient (Wildman–Crippen LogP) is 2.66. The summed E-state index contributed by atoms with van der Waals surface area (Å²) in [4.78, 5) is 23.7. The molecule has 1 aromatic heterocycles. The highest BCUT2D eigenvalue weighted by Gasteiger charge is 2.24. The van der Waals surface area contributed by atoms with Crippen LogP contribution in [0.25, 0.3) is 0 Å². The van der Waals surface area contributed by atoms with E-state index < -0.39 is 0 Å². The molecular formula is C14H16N2O2S. The van der Waals surface area contributed by atoms with Crippen LogP contribution in [0.5, 0.6) is 0 Å². The van der Waals surface area contributed by atoms with Crippen LogP contribution in [0.4, 0.5) is 5.00 Å². The maximum absolute atomic E-state index is 11.6. The number of nitrogens with zero attached hydrogens (tertiary/aromatic N) is 1. The molecule has 1 unspecified atom stereocenters. The zero-order valence-electron chi connectivity index (χ0n) is 11.1. The van der Waals surface area contributed by atoms with Crippen molar-refractivity contribution < 1.29 is 9.59 Å². The first-order chi connectivity index (χ1) is 9.01. The lowest BCUT2D eigenvalue weighted by Crippen LogP contribution is -2.14. The first-order valence-corrected chi connectivity index (χ1v) is 7.16. The van der Waals surface area contributed by atoms with Gasteiger partial charge in [0, 0.05) is 4.88 Å². The first-order valence-electron chi connectivity index (χ1n) is 6.35. The second-order valence-corrected chi connectivity index (χ2v) is 6.20. The molecule has 4 nitrogen and oxygen atoms in total. The van der Waals surface area contributed by atoms with Crippen molar-refractivity contribution in [3.63, 3.8) is 0 Å². The van der Waals surface area contributed by atoms with Crippen LogP contribution in [-0.2, 0) is 22.4 Å². The SMILES string of the molecule is CC(=O)CC(=O)Nc1sc2c(c1C#N)CCC(C)C2. The Balaban J connectivity index is 2.24. The molecule has 5 heteroatoms. The number of hydrogen-bond donors (Lipinski definition) is 1. The average Bonchev–Trinajstić information content (AvgIpc) is 2.63. The monoisotopic (exact) mass is 276 g/mol. The second-order valence-electron chi connectivity index (χ2n) is 5.09. The first kappa shape index (κ1) is 13.8. The van der Waals surface area contributed by atoms with Gasteiger partial charge in [-0.1, -0.05) is 6.92 Å². The Kier molecular flexibility index (Phi) is 4.01. The second kappa shape index (κ2) is 5.54. The number of anilines is 1. The number of amides is 1. The highest BCUT2D eigenvalue weighted by molar-refractivity contribution is 7.16. The predicted molar refractivity (Wildman–Crippen MR) is 74.2 cm³/mol. The van der Waals surface area contributed by atoms with E-state index in [0.717, 1.165) is 24.8 Å². The van der Waals surface area contributed by atoms with Crippen molar-refractivity contribution in [3.8, 4) is 6.07 Å². The minimum atomic E-state index is -0.337. The van der Waals surface area contributed by atoms with Gasteiger partial charge in [-0.2, -0.15) is 5.26 Å². The van der Waals surface area contributed by atoms with E-state index in [1.165, 1.54) is 23.1 Å². The quantitative estimate of drug-likeness (QED) is 0.863. The van der Waals surface area contributed by atoms with Crippen LogP contribution in [0.3, 0.4) is 0 Å². The van der Waals surface area contributed by atoms with Gasteiger partial charge in [0.25, 0.3) is 0 Å². The summed E-state index contributed by atoms with van der Waals surface area (Å²) in [6.07, 6.45) is 2.82. The van der Waals surface area contributed by atoms with E-state index in [4.69, 9.17) is 0 Å². The Bertz CT molecular complexity index is 569. The third kappa shape index (κ3) is 3.02. The molecule has 1 aromatic rings. The smallest absolute Gasteiger partial charge is 0.232 e. The van der Waals surface area contributed by atoms with Gasteiger partial charge in [-0.05, 0) is 37.7 Å². The maximum Gasteiger partial charge on any atom is 0.232 e. The van der Waals surface area contributed by atoms with Gasteiger partial charge < -0.3 is 5.32 Å². The normalized spacial score (nSPS) is 17.4. The molecule has 1 N–H and O–H groups in total. The highest BCUT2D eigenvalue weighted by Crippen LogP contribution is 2.39. The summed E-state index contributed by atoms with van der Waals surface area (Å²) in [7, 11) is 0. The van der Waals surface area contributed by atoms with Crippen LogP contribution >= 0.6 is 11.3 Å².